The van der Waals surface area contributed by atoms with Gasteiger partial charge in [0, 0.05) is 11.1 Å². The highest BCUT2D eigenvalue weighted by Gasteiger charge is 2.74. The summed E-state index contributed by atoms with van der Waals surface area (Å²) in [6.45, 7) is 0.0293. The molecule has 6 rings (SSSR count). The maximum Gasteiger partial charge on any atom is 0.237 e. The fourth-order valence-corrected chi connectivity index (χ4v) is 5.59. The molecule has 1 spiro atoms. The minimum Gasteiger partial charge on any atom is -0.497 e. The molecule has 2 amide bonds. The van der Waals surface area contributed by atoms with Crippen molar-refractivity contribution in [2.75, 3.05) is 7.11 Å². The third kappa shape index (κ3) is 2.88. The lowest BCUT2D eigenvalue weighted by Crippen LogP contribution is -2.50. The number of likely N-dealkylation sites (tertiary alicyclic amines) is 1. The first-order chi connectivity index (χ1) is 17.0. The van der Waals surface area contributed by atoms with Crippen LogP contribution in [0.5, 0.6) is 5.75 Å². The van der Waals surface area contributed by atoms with E-state index < -0.39 is 46.9 Å². The number of Topliss-reactive ketones (excluding diaryl/α,β-unsaturated/α-hetero) is 2. The molecule has 0 aromatic heterocycles. The summed E-state index contributed by atoms with van der Waals surface area (Å²) in [6.07, 6.45) is -0.902. The summed E-state index contributed by atoms with van der Waals surface area (Å²) in [4.78, 5) is 56.1. The number of methoxy groups -OCH3 is 1. The molecule has 3 aromatic carbocycles. The summed E-state index contributed by atoms with van der Waals surface area (Å²) >= 11 is 0. The molecule has 7 heteroatoms. The fourth-order valence-electron chi connectivity index (χ4n) is 5.59. The molecule has 3 unspecified atom stereocenters. The monoisotopic (exact) mass is 467 g/mol. The quantitative estimate of drug-likeness (QED) is 0.432. The average Bonchev–Trinajstić information content (AvgIpc) is 3.46. The van der Waals surface area contributed by atoms with Crippen molar-refractivity contribution in [3.63, 3.8) is 0 Å². The molecule has 35 heavy (non-hydrogen) atoms. The first-order valence-corrected chi connectivity index (χ1v) is 11.4. The van der Waals surface area contributed by atoms with Crippen LogP contribution in [0.1, 0.15) is 37.9 Å². The summed E-state index contributed by atoms with van der Waals surface area (Å²) in [7, 11) is 1.56. The number of ether oxygens (including phenoxy) is 2. The Labute approximate surface area is 201 Å². The van der Waals surface area contributed by atoms with Crippen LogP contribution in [0.15, 0.2) is 78.9 Å². The van der Waals surface area contributed by atoms with Crippen molar-refractivity contribution in [3.05, 3.63) is 101 Å². The predicted octanol–water partition coefficient (Wildman–Crippen LogP) is 3.39. The minimum absolute atomic E-state index is 0.0293. The van der Waals surface area contributed by atoms with Crippen LogP contribution in [0, 0.1) is 11.8 Å². The maximum atomic E-state index is 13.8. The number of imide groups is 1. The van der Waals surface area contributed by atoms with Crippen molar-refractivity contribution < 1.29 is 28.7 Å². The number of rotatable bonds is 4. The highest BCUT2D eigenvalue weighted by molar-refractivity contribution is 6.35. The van der Waals surface area contributed by atoms with Crippen LogP contribution in [0.25, 0.3) is 0 Å². The van der Waals surface area contributed by atoms with Crippen LogP contribution in [-0.4, -0.2) is 41.0 Å². The van der Waals surface area contributed by atoms with Crippen LogP contribution in [-0.2, 0) is 20.9 Å². The Hall–Kier alpha value is -4.10. The number of benzene rings is 3. The van der Waals surface area contributed by atoms with E-state index in [2.05, 4.69) is 0 Å². The number of hydrogen-bond donors (Lipinski definition) is 0. The molecule has 3 aromatic rings. The number of carbonyl (C=O) groups excluding carboxylic acids is 4. The molecular formula is C28H21NO6. The number of ketones is 2. The summed E-state index contributed by atoms with van der Waals surface area (Å²) in [5, 5.41) is 0. The lowest BCUT2D eigenvalue weighted by molar-refractivity contribution is -0.145. The molecule has 2 heterocycles. The van der Waals surface area contributed by atoms with E-state index in [-0.39, 0.29) is 17.7 Å². The second-order valence-corrected chi connectivity index (χ2v) is 9.00. The third-order valence-corrected chi connectivity index (χ3v) is 7.24. The van der Waals surface area contributed by atoms with Crippen molar-refractivity contribution in [2.45, 2.75) is 18.2 Å². The topological polar surface area (TPSA) is 90.0 Å². The van der Waals surface area contributed by atoms with Gasteiger partial charge >= 0.3 is 0 Å². The van der Waals surface area contributed by atoms with Crippen molar-refractivity contribution in [1.29, 1.82) is 0 Å². The molecule has 174 valence electrons. The van der Waals surface area contributed by atoms with Gasteiger partial charge in [-0.1, -0.05) is 66.7 Å². The smallest absolute Gasteiger partial charge is 0.237 e. The molecule has 0 N–H and O–H groups in total. The predicted molar refractivity (Wildman–Crippen MR) is 124 cm³/mol. The van der Waals surface area contributed by atoms with E-state index in [4.69, 9.17) is 9.47 Å². The van der Waals surface area contributed by atoms with Crippen LogP contribution < -0.4 is 4.74 Å². The first-order valence-electron chi connectivity index (χ1n) is 11.4. The minimum atomic E-state index is -2.05. The highest BCUT2D eigenvalue weighted by Crippen LogP contribution is 2.57. The molecule has 1 aliphatic carbocycles. The Balaban J connectivity index is 1.45. The second-order valence-electron chi connectivity index (χ2n) is 9.00. The number of fused-ring (bicyclic) bond motifs is 3. The van der Waals surface area contributed by atoms with Gasteiger partial charge in [0.2, 0.25) is 29.0 Å². The first kappa shape index (κ1) is 21.4. The van der Waals surface area contributed by atoms with E-state index in [0.717, 1.165) is 10.5 Å². The van der Waals surface area contributed by atoms with Gasteiger partial charge in [-0.05, 0) is 23.3 Å². The lowest BCUT2D eigenvalue weighted by Gasteiger charge is -2.27. The third-order valence-electron chi connectivity index (χ3n) is 7.24. The molecular weight excluding hydrogens is 446 g/mol. The number of hydrogen-bond acceptors (Lipinski definition) is 6. The summed E-state index contributed by atoms with van der Waals surface area (Å²) in [6, 6.07) is 22.5. The molecule has 3 aliphatic rings. The second kappa shape index (κ2) is 7.71. The molecule has 7 nitrogen and oxygen atoms in total. The zero-order valence-corrected chi connectivity index (χ0v) is 18.8. The summed E-state index contributed by atoms with van der Waals surface area (Å²) in [5.41, 5.74) is -0.233. The summed E-state index contributed by atoms with van der Waals surface area (Å²) in [5.74, 6) is -3.68. The molecule has 2 aliphatic heterocycles. The van der Waals surface area contributed by atoms with Crippen molar-refractivity contribution >= 4 is 23.4 Å². The van der Waals surface area contributed by atoms with Gasteiger partial charge in [-0.25, -0.2) is 0 Å². The van der Waals surface area contributed by atoms with Crippen LogP contribution >= 0.6 is 0 Å². The Morgan fingerprint density at radius 1 is 0.800 bits per heavy atom. The highest BCUT2D eigenvalue weighted by atomic mass is 16.5. The van der Waals surface area contributed by atoms with Gasteiger partial charge in [0.15, 0.2) is 0 Å². The van der Waals surface area contributed by atoms with Gasteiger partial charge in [0.05, 0.1) is 31.6 Å². The largest absolute Gasteiger partial charge is 0.497 e. The Morgan fingerprint density at radius 2 is 1.40 bits per heavy atom. The van der Waals surface area contributed by atoms with Gasteiger partial charge in [-0.2, -0.15) is 0 Å². The van der Waals surface area contributed by atoms with E-state index in [1.54, 1.807) is 79.9 Å². The van der Waals surface area contributed by atoms with Gasteiger partial charge in [-0.3, -0.25) is 24.1 Å². The van der Waals surface area contributed by atoms with Gasteiger partial charge in [0.1, 0.15) is 5.75 Å². The zero-order valence-electron chi connectivity index (χ0n) is 18.8. The zero-order chi connectivity index (χ0) is 24.3. The number of amides is 2. The standard InChI is InChI=1S/C28H21NO6/c1-34-18-13-11-16(12-14-18)15-29-26(32)21-22(27(29)33)28(35-23(21)17-7-3-2-4-8-17)24(30)19-9-5-6-10-20(19)25(28)31/h2-14,21-23H,15H2,1H3. The SMILES string of the molecule is COc1ccc(CN2C(=O)C3C(c4ccccc4)OC4(C(=O)c5ccccc5C4=O)C3C2=O)cc1. The van der Waals surface area contributed by atoms with Crippen LogP contribution in [0.2, 0.25) is 0 Å². The van der Waals surface area contributed by atoms with E-state index in [1.165, 1.54) is 0 Å². The van der Waals surface area contributed by atoms with Crippen LogP contribution in [0.3, 0.4) is 0 Å². The van der Waals surface area contributed by atoms with Gasteiger partial charge in [-0.15, -0.1) is 0 Å². The molecule has 3 atom stereocenters. The molecule has 0 bridgehead atoms. The Bertz CT molecular complexity index is 1350. The van der Waals surface area contributed by atoms with E-state index in [1.807, 2.05) is 6.07 Å². The van der Waals surface area contributed by atoms with Crippen LogP contribution in [0.4, 0.5) is 0 Å². The number of nitrogens with zero attached hydrogens (tertiary/aromatic N) is 1. The normalized spacial score (nSPS) is 24.3. The van der Waals surface area contributed by atoms with E-state index >= 15 is 0 Å². The van der Waals surface area contributed by atoms with E-state index in [0.29, 0.717) is 11.3 Å². The molecule has 0 saturated carbocycles. The average molecular weight is 467 g/mol. The molecule has 2 saturated heterocycles. The van der Waals surface area contributed by atoms with Crippen molar-refractivity contribution in [3.8, 4) is 5.75 Å². The number of carbonyl (C=O) groups is 4. The van der Waals surface area contributed by atoms with Crippen molar-refractivity contribution in [1.82, 2.24) is 4.90 Å². The Morgan fingerprint density at radius 3 is 2.00 bits per heavy atom. The van der Waals surface area contributed by atoms with Gasteiger partial charge < -0.3 is 9.47 Å². The van der Waals surface area contributed by atoms with E-state index in [9.17, 15) is 19.2 Å². The molecule has 2 fully saturated rings. The maximum absolute atomic E-state index is 13.8. The van der Waals surface area contributed by atoms with Crippen molar-refractivity contribution in [2.24, 2.45) is 11.8 Å². The van der Waals surface area contributed by atoms with Gasteiger partial charge in [0.25, 0.3) is 0 Å². The lowest BCUT2D eigenvalue weighted by atomic mass is 9.77. The molecule has 0 radical (unpaired) electrons. The Kier molecular flexibility index (Phi) is 4.72. The summed E-state index contributed by atoms with van der Waals surface area (Å²) < 4.78 is 11.4. The fraction of sp³-hybridized carbons (Fsp3) is 0.214.